The molecule has 1 fully saturated rings. The third kappa shape index (κ3) is 3.83. The van der Waals surface area contributed by atoms with Crippen molar-refractivity contribution in [2.45, 2.75) is 52.2 Å². The fraction of sp³-hybridized carbons (Fsp3) is 0.526. The zero-order chi connectivity index (χ0) is 18.0. The molecule has 0 N–H and O–H groups in total. The van der Waals surface area contributed by atoms with E-state index in [0.29, 0.717) is 25.4 Å². The number of aromatic nitrogens is 3. The first kappa shape index (κ1) is 17.5. The van der Waals surface area contributed by atoms with E-state index in [4.69, 9.17) is 9.72 Å². The quantitative estimate of drug-likeness (QED) is 0.838. The van der Waals surface area contributed by atoms with Gasteiger partial charge in [0.05, 0.1) is 5.54 Å². The smallest absolute Gasteiger partial charge is 0.223 e. The Hall–Kier alpha value is -2.37. The van der Waals surface area contributed by atoms with Gasteiger partial charge in [0.15, 0.2) is 5.82 Å². The number of carbonyl (C=O) groups excluding carboxylic acids is 1. The lowest BCUT2D eigenvalue weighted by atomic mass is 10.0. The van der Waals surface area contributed by atoms with Crippen LogP contribution in [0.5, 0.6) is 5.75 Å². The molecule has 2 aromatic rings. The summed E-state index contributed by atoms with van der Waals surface area (Å²) in [6.07, 6.45) is 0.502. The van der Waals surface area contributed by atoms with Gasteiger partial charge in [-0.2, -0.15) is 5.10 Å². The first-order valence-electron chi connectivity index (χ1n) is 8.80. The molecular weight excluding hydrogens is 316 g/mol. The number of nitrogens with zero attached hydrogens (tertiary/aromatic N) is 4. The van der Waals surface area contributed by atoms with Crippen LogP contribution in [0.2, 0.25) is 0 Å². The zero-order valence-electron chi connectivity index (χ0n) is 15.4. The van der Waals surface area contributed by atoms with Crippen molar-refractivity contribution in [1.29, 1.82) is 0 Å². The molecule has 1 unspecified atom stereocenters. The molecule has 6 heteroatoms. The molecule has 1 aromatic heterocycles. The van der Waals surface area contributed by atoms with Gasteiger partial charge < -0.3 is 9.64 Å². The van der Waals surface area contributed by atoms with Gasteiger partial charge in [-0.25, -0.2) is 9.67 Å². The summed E-state index contributed by atoms with van der Waals surface area (Å²) >= 11 is 0. The van der Waals surface area contributed by atoms with Gasteiger partial charge in [-0.15, -0.1) is 0 Å². The Labute approximate surface area is 148 Å². The Morgan fingerprint density at radius 2 is 1.96 bits per heavy atom. The van der Waals surface area contributed by atoms with Gasteiger partial charge >= 0.3 is 0 Å². The van der Waals surface area contributed by atoms with Crippen molar-refractivity contribution in [1.82, 2.24) is 19.7 Å². The van der Waals surface area contributed by atoms with Gasteiger partial charge in [-0.3, -0.25) is 4.79 Å². The van der Waals surface area contributed by atoms with Crippen molar-refractivity contribution in [3.8, 4) is 5.75 Å². The monoisotopic (exact) mass is 342 g/mol. The number of amides is 1. The van der Waals surface area contributed by atoms with Crippen LogP contribution in [-0.4, -0.2) is 38.7 Å². The van der Waals surface area contributed by atoms with E-state index in [0.717, 1.165) is 18.1 Å². The lowest BCUT2D eigenvalue weighted by Crippen LogP contribution is -2.28. The first-order chi connectivity index (χ1) is 11.9. The highest BCUT2D eigenvalue weighted by molar-refractivity contribution is 5.79. The molecule has 1 aliphatic heterocycles. The van der Waals surface area contributed by atoms with E-state index >= 15 is 0 Å². The van der Waals surface area contributed by atoms with Crippen molar-refractivity contribution in [3.05, 3.63) is 42.0 Å². The Morgan fingerprint density at radius 3 is 2.56 bits per heavy atom. The summed E-state index contributed by atoms with van der Waals surface area (Å²) < 4.78 is 7.74. The second kappa shape index (κ2) is 6.86. The Balaban J connectivity index is 1.82. The molecule has 1 atom stereocenters. The highest BCUT2D eigenvalue weighted by atomic mass is 16.5. The van der Waals surface area contributed by atoms with Crippen LogP contribution in [0.15, 0.2) is 30.3 Å². The number of benzene rings is 1. The number of para-hydroxylation sites is 1. The molecule has 1 aromatic carbocycles. The van der Waals surface area contributed by atoms with Gasteiger partial charge in [0.1, 0.15) is 18.2 Å². The molecule has 1 amide bonds. The number of likely N-dealkylation sites (tertiary alicyclic amines) is 1. The highest BCUT2D eigenvalue weighted by Crippen LogP contribution is 2.30. The van der Waals surface area contributed by atoms with E-state index in [1.807, 2.05) is 46.8 Å². The molecule has 1 saturated heterocycles. The number of carbonyl (C=O) groups is 1. The maximum absolute atomic E-state index is 12.1. The summed E-state index contributed by atoms with van der Waals surface area (Å²) in [7, 11) is 0. The molecular formula is C19H26N4O2. The minimum atomic E-state index is -0.198. The van der Waals surface area contributed by atoms with Crippen LogP contribution in [0.4, 0.5) is 0 Å². The summed E-state index contributed by atoms with van der Waals surface area (Å²) in [6, 6.07) is 9.65. The summed E-state index contributed by atoms with van der Waals surface area (Å²) in [6.45, 7) is 10.1. The third-order valence-electron chi connectivity index (χ3n) is 4.38. The molecule has 1 aliphatic rings. The van der Waals surface area contributed by atoms with Crippen molar-refractivity contribution in [2.75, 3.05) is 13.1 Å². The third-order valence-corrected chi connectivity index (χ3v) is 4.38. The average Bonchev–Trinajstić information content (AvgIpc) is 3.17. The minimum Gasteiger partial charge on any atom is -0.486 e. The molecule has 2 heterocycles. The van der Waals surface area contributed by atoms with Crippen molar-refractivity contribution in [2.24, 2.45) is 0 Å². The van der Waals surface area contributed by atoms with E-state index in [-0.39, 0.29) is 17.4 Å². The first-order valence-corrected chi connectivity index (χ1v) is 8.80. The van der Waals surface area contributed by atoms with Crippen LogP contribution < -0.4 is 4.74 Å². The fourth-order valence-corrected chi connectivity index (χ4v) is 3.10. The van der Waals surface area contributed by atoms with Crippen LogP contribution in [0.1, 0.15) is 51.7 Å². The number of rotatable bonds is 5. The van der Waals surface area contributed by atoms with E-state index in [2.05, 4.69) is 25.9 Å². The van der Waals surface area contributed by atoms with Crippen molar-refractivity contribution in [3.63, 3.8) is 0 Å². The number of ether oxygens (including phenoxy) is 1. The van der Waals surface area contributed by atoms with Gasteiger partial charge in [0.25, 0.3) is 0 Å². The van der Waals surface area contributed by atoms with Gasteiger partial charge in [-0.05, 0) is 39.8 Å². The van der Waals surface area contributed by atoms with E-state index < -0.39 is 0 Å². The molecule has 134 valence electrons. The molecule has 0 bridgehead atoms. The standard InChI is InChI=1S/C19H26N4O2/c1-5-22-12-14(11-17(22)24)18-20-16(21-23(18)19(2,3)4)13-25-15-9-7-6-8-10-15/h6-10,14H,5,11-13H2,1-4H3. The Morgan fingerprint density at radius 1 is 1.24 bits per heavy atom. The van der Waals surface area contributed by atoms with Crippen molar-refractivity contribution >= 4 is 5.91 Å². The summed E-state index contributed by atoms with van der Waals surface area (Å²) in [4.78, 5) is 18.7. The number of hydrogen-bond acceptors (Lipinski definition) is 4. The summed E-state index contributed by atoms with van der Waals surface area (Å²) in [5.74, 6) is 2.60. The topological polar surface area (TPSA) is 60.2 Å². The number of hydrogen-bond donors (Lipinski definition) is 0. The van der Waals surface area contributed by atoms with E-state index in [1.165, 1.54) is 0 Å². The van der Waals surface area contributed by atoms with Crippen LogP contribution in [0, 0.1) is 0 Å². The van der Waals surface area contributed by atoms with Crippen LogP contribution >= 0.6 is 0 Å². The highest BCUT2D eigenvalue weighted by Gasteiger charge is 2.35. The molecule has 3 rings (SSSR count). The SMILES string of the molecule is CCN1CC(c2nc(COc3ccccc3)nn2C(C)(C)C)CC1=O. The number of likely N-dealkylation sites (N-methyl/N-ethyl adjacent to an activating group) is 1. The van der Waals surface area contributed by atoms with Crippen LogP contribution in [-0.2, 0) is 16.9 Å². The summed E-state index contributed by atoms with van der Waals surface area (Å²) in [5.41, 5.74) is -0.198. The second-order valence-electron chi connectivity index (χ2n) is 7.40. The molecule has 6 nitrogen and oxygen atoms in total. The molecule has 0 saturated carbocycles. The largest absolute Gasteiger partial charge is 0.486 e. The second-order valence-corrected chi connectivity index (χ2v) is 7.40. The molecule has 25 heavy (non-hydrogen) atoms. The summed E-state index contributed by atoms with van der Waals surface area (Å²) in [5, 5.41) is 4.67. The molecule has 0 spiro atoms. The van der Waals surface area contributed by atoms with Crippen molar-refractivity contribution < 1.29 is 9.53 Å². The van der Waals surface area contributed by atoms with Gasteiger partial charge in [0.2, 0.25) is 5.91 Å². The van der Waals surface area contributed by atoms with Gasteiger partial charge in [0, 0.05) is 25.4 Å². The van der Waals surface area contributed by atoms with Crippen LogP contribution in [0.25, 0.3) is 0 Å². The minimum absolute atomic E-state index is 0.0876. The lowest BCUT2D eigenvalue weighted by molar-refractivity contribution is -0.127. The van der Waals surface area contributed by atoms with E-state index in [9.17, 15) is 4.79 Å². The normalized spacial score (nSPS) is 18.0. The van der Waals surface area contributed by atoms with E-state index in [1.54, 1.807) is 0 Å². The lowest BCUT2D eigenvalue weighted by Gasteiger charge is -2.23. The van der Waals surface area contributed by atoms with Gasteiger partial charge in [-0.1, -0.05) is 18.2 Å². The predicted octanol–water partition coefficient (Wildman–Crippen LogP) is 2.95. The Bertz CT molecular complexity index is 734. The fourth-order valence-electron chi connectivity index (χ4n) is 3.10. The maximum atomic E-state index is 12.1. The predicted molar refractivity (Wildman–Crippen MR) is 95.4 cm³/mol. The Kier molecular flexibility index (Phi) is 4.79. The average molecular weight is 342 g/mol. The molecule has 0 radical (unpaired) electrons. The maximum Gasteiger partial charge on any atom is 0.223 e. The van der Waals surface area contributed by atoms with Crippen LogP contribution in [0.3, 0.4) is 0 Å². The molecule has 0 aliphatic carbocycles. The zero-order valence-corrected chi connectivity index (χ0v) is 15.4.